The second kappa shape index (κ2) is 9.60. The number of halogens is 2. The van der Waals surface area contributed by atoms with Crippen LogP contribution in [0.1, 0.15) is 38.9 Å². The summed E-state index contributed by atoms with van der Waals surface area (Å²) in [6.45, 7) is 9.67. The van der Waals surface area contributed by atoms with Gasteiger partial charge in [0.2, 0.25) is 0 Å². The van der Waals surface area contributed by atoms with Gasteiger partial charge in [-0.25, -0.2) is 28.8 Å². The Kier molecular flexibility index (Phi) is 6.64. The van der Waals surface area contributed by atoms with Crippen molar-refractivity contribution in [3.63, 3.8) is 0 Å². The van der Waals surface area contributed by atoms with Crippen LogP contribution in [-0.2, 0) is 0 Å². The van der Waals surface area contributed by atoms with Crippen molar-refractivity contribution in [1.82, 2.24) is 25.0 Å². The zero-order valence-corrected chi connectivity index (χ0v) is 18.5. The van der Waals surface area contributed by atoms with Crippen LogP contribution in [0.5, 0.6) is 0 Å². The lowest BCUT2D eigenvalue weighted by Crippen LogP contribution is -2.42. The summed E-state index contributed by atoms with van der Waals surface area (Å²) in [5.41, 5.74) is 1.58. The van der Waals surface area contributed by atoms with E-state index in [9.17, 15) is 8.78 Å². The Morgan fingerprint density at radius 3 is 2.94 bits per heavy atom. The van der Waals surface area contributed by atoms with Gasteiger partial charge in [0.1, 0.15) is 17.4 Å². The molecule has 0 amide bonds. The van der Waals surface area contributed by atoms with Gasteiger partial charge in [-0.15, -0.1) is 0 Å². The van der Waals surface area contributed by atoms with E-state index >= 15 is 0 Å². The minimum absolute atomic E-state index is 0.0446. The van der Waals surface area contributed by atoms with Crippen molar-refractivity contribution < 1.29 is 8.78 Å². The average Bonchev–Trinajstić information content (AvgIpc) is 3.39. The Balaban J connectivity index is 1.47. The first-order valence-corrected chi connectivity index (χ1v) is 11.0. The zero-order chi connectivity index (χ0) is 22.7. The lowest BCUT2D eigenvalue weighted by molar-refractivity contribution is 0.0491. The van der Waals surface area contributed by atoms with Crippen LogP contribution in [0.3, 0.4) is 0 Å². The van der Waals surface area contributed by atoms with Crippen LogP contribution in [0.4, 0.5) is 8.78 Å². The number of hydrazone groups is 1. The first kappa shape index (κ1) is 22.1. The number of imidazole rings is 1. The smallest absolute Gasteiger partial charge is 0.280 e. The quantitative estimate of drug-likeness (QED) is 0.598. The van der Waals surface area contributed by atoms with Crippen LogP contribution in [0.25, 0.3) is 6.08 Å². The van der Waals surface area contributed by atoms with Gasteiger partial charge in [0, 0.05) is 43.8 Å². The summed E-state index contributed by atoms with van der Waals surface area (Å²) in [6.07, 6.45) is 13.0. The monoisotopic (exact) mass is 441 g/mol. The SMILES string of the molecule is C=C1N=C(C(F)F)C=C(C2CCCN(N3C=C3/C=C\c3ncc[nH]3)C2)N1/N=C\C(C)CC. The van der Waals surface area contributed by atoms with Gasteiger partial charge in [0.05, 0.1) is 11.4 Å². The molecule has 0 saturated carbocycles. The molecule has 7 nitrogen and oxygen atoms in total. The summed E-state index contributed by atoms with van der Waals surface area (Å²) in [7, 11) is 0. The number of piperidine rings is 1. The number of alkyl halides is 2. The second-order valence-electron chi connectivity index (χ2n) is 8.24. The minimum atomic E-state index is -2.64. The van der Waals surface area contributed by atoms with E-state index in [-0.39, 0.29) is 23.4 Å². The van der Waals surface area contributed by atoms with Crippen LogP contribution < -0.4 is 0 Å². The van der Waals surface area contributed by atoms with Crippen molar-refractivity contribution in [2.75, 3.05) is 13.1 Å². The molecule has 0 spiro atoms. The van der Waals surface area contributed by atoms with E-state index in [1.54, 1.807) is 17.4 Å². The van der Waals surface area contributed by atoms with Gasteiger partial charge in [0.15, 0.2) is 0 Å². The van der Waals surface area contributed by atoms with Gasteiger partial charge >= 0.3 is 0 Å². The van der Waals surface area contributed by atoms with Crippen LogP contribution >= 0.6 is 0 Å². The summed E-state index contributed by atoms with van der Waals surface area (Å²) in [5, 5.41) is 10.6. The zero-order valence-electron chi connectivity index (χ0n) is 18.5. The number of aromatic nitrogens is 2. The van der Waals surface area contributed by atoms with E-state index in [0.717, 1.165) is 43.0 Å². The molecule has 170 valence electrons. The molecule has 1 aromatic rings. The first-order valence-electron chi connectivity index (χ1n) is 11.0. The minimum Gasteiger partial charge on any atom is -0.345 e. The summed E-state index contributed by atoms with van der Waals surface area (Å²) in [4.78, 5) is 11.2. The highest BCUT2D eigenvalue weighted by Crippen LogP contribution is 2.35. The third-order valence-electron chi connectivity index (χ3n) is 5.85. The van der Waals surface area contributed by atoms with Crippen LogP contribution in [-0.4, -0.2) is 56.4 Å². The molecule has 4 rings (SSSR count). The predicted octanol–water partition coefficient (Wildman–Crippen LogP) is 4.62. The van der Waals surface area contributed by atoms with Crippen LogP contribution in [0.15, 0.2) is 64.6 Å². The van der Waals surface area contributed by atoms with Gasteiger partial charge in [-0.3, -0.25) is 5.01 Å². The van der Waals surface area contributed by atoms with E-state index in [1.807, 2.05) is 18.4 Å². The van der Waals surface area contributed by atoms with Crippen molar-refractivity contribution >= 4 is 18.0 Å². The van der Waals surface area contributed by atoms with E-state index in [1.165, 1.54) is 6.08 Å². The van der Waals surface area contributed by atoms with E-state index in [0.29, 0.717) is 6.54 Å². The van der Waals surface area contributed by atoms with E-state index in [4.69, 9.17) is 0 Å². The molecule has 9 heteroatoms. The molecule has 2 unspecified atom stereocenters. The van der Waals surface area contributed by atoms with Crippen molar-refractivity contribution in [3.8, 4) is 0 Å². The fourth-order valence-corrected chi connectivity index (χ4v) is 3.80. The number of hydrazine groups is 1. The number of rotatable bonds is 8. The third kappa shape index (κ3) is 5.04. The van der Waals surface area contributed by atoms with Gasteiger partial charge in [-0.1, -0.05) is 20.4 Å². The van der Waals surface area contributed by atoms with E-state index in [2.05, 4.69) is 56.7 Å². The fraction of sp³-hybridized carbons (Fsp3) is 0.435. The molecule has 4 heterocycles. The lowest BCUT2D eigenvalue weighted by Gasteiger charge is -2.38. The molecular formula is C23H29F2N7. The molecule has 32 heavy (non-hydrogen) atoms. The highest BCUT2D eigenvalue weighted by molar-refractivity contribution is 5.99. The predicted molar refractivity (Wildman–Crippen MR) is 122 cm³/mol. The second-order valence-corrected chi connectivity index (χ2v) is 8.24. The van der Waals surface area contributed by atoms with Crippen LogP contribution in [0, 0.1) is 11.8 Å². The number of allylic oxidation sites excluding steroid dienone is 2. The highest BCUT2D eigenvalue weighted by atomic mass is 19.3. The van der Waals surface area contributed by atoms with Crippen molar-refractivity contribution in [1.29, 1.82) is 0 Å². The van der Waals surface area contributed by atoms with Gasteiger partial charge < -0.3 is 4.98 Å². The van der Waals surface area contributed by atoms with Gasteiger partial charge in [-0.05, 0) is 43.4 Å². The molecule has 3 aliphatic heterocycles. The molecule has 3 aliphatic rings. The largest absolute Gasteiger partial charge is 0.345 e. The molecule has 0 aromatic carbocycles. The molecule has 0 radical (unpaired) electrons. The lowest BCUT2D eigenvalue weighted by atomic mass is 9.93. The number of aliphatic imine (C=N–C) groups is 1. The number of H-pyrrole nitrogens is 1. The maximum Gasteiger partial charge on any atom is 0.280 e. The van der Waals surface area contributed by atoms with Crippen LogP contribution in [0.2, 0.25) is 0 Å². The summed E-state index contributed by atoms with van der Waals surface area (Å²) < 4.78 is 27.0. The molecular weight excluding hydrogens is 412 g/mol. The molecule has 0 aliphatic carbocycles. The molecule has 0 bridgehead atoms. The third-order valence-corrected chi connectivity index (χ3v) is 5.85. The molecule has 1 saturated heterocycles. The van der Waals surface area contributed by atoms with Crippen molar-refractivity contribution in [2.24, 2.45) is 21.9 Å². The standard InChI is InChI=1S/C23H29F2N7/c1-4-16(2)13-28-32-17(3)29-20(23(24)25)12-21(32)18-6-5-11-30(14-18)31-15-19(31)7-8-22-26-9-10-27-22/h7-10,12-13,15-16,18,23H,3-6,11,14H2,1-2H3,(H,26,27)/b8-7-,28-13-. The Bertz CT molecular complexity index is 974. The maximum atomic E-state index is 13.5. The summed E-state index contributed by atoms with van der Waals surface area (Å²) in [6, 6.07) is 0. The molecule has 2 atom stereocenters. The van der Waals surface area contributed by atoms with Gasteiger partial charge in [-0.2, -0.15) is 5.10 Å². The van der Waals surface area contributed by atoms with Crippen molar-refractivity contribution in [3.05, 3.63) is 60.4 Å². The van der Waals surface area contributed by atoms with Gasteiger partial charge in [0.25, 0.3) is 6.43 Å². The number of hydrogen-bond donors (Lipinski definition) is 1. The number of hydrogen-bond acceptors (Lipinski definition) is 6. The number of nitrogens with one attached hydrogen (secondary N) is 1. The Hall–Kier alpha value is -3.07. The normalized spacial score (nSPS) is 23.2. The molecule has 1 N–H and O–H groups in total. The Morgan fingerprint density at radius 1 is 1.38 bits per heavy atom. The Morgan fingerprint density at radius 2 is 2.22 bits per heavy atom. The molecule has 1 aromatic heterocycles. The van der Waals surface area contributed by atoms with E-state index < -0.39 is 6.43 Å². The van der Waals surface area contributed by atoms with Crippen molar-refractivity contribution in [2.45, 2.75) is 39.5 Å². The topological polar surface area (TPSA) is 62.9 Å². The highest BCUT2D eigenvalue weighted by Gasteiger charge is 2.35. The summed E-state index contributed by atoms with van der Waals surface area (Å²) in [5.74, 6) is 1.36. The average molecular weight is 442 g/mol. The number of aromatic amines is 1. The Labute approximate surface area is 187 Å². The number of nitrogens with zero attached hydrogens (tertiary/aromatic N) is 6. The summed E-state index contributed by atoms with van der Waals surface area (Å²) >= 11 is 0. The first-order chi connectivity index (χ1) is 15.5. The fourth-order valence-electron chi connectivity index (χ4n) is 3.80. The maximum absolute atomic E-state index is 13.5. The molecule has 1 fully saturated rings.